The van der Waals surface area contributed by atoms with Crippen LogP contribution < -0.4 is 0 Å². The maximum absolute atomic E-state index is 5.64. The number of rotatable bonds is 4. The number of benzene rings is 9. The zero-order chi connectivity index (χ0) is 40.7. The van der Waals surface area contributed by atoms with Crippen LogP contribution in [0.5, 0.6) is 0 Å². The van der Waals surface area contributed by atoms with E-state index in [0.717, 1.165) is 49.9 Å². The van der Waals surface area contributed by atoms with E-state index in [0.29, 0.717) is 5.92 Å². The zero-order valence-electron chi connectivity index (χ0n) is 33.8. The molecule has 2 aliphatic rings. The van der Waals surface area contributed by atoms with E-state index < -0.39 is 0 Å². The summed E-state index contributed by atoms with van der Waals surface area (Å²) in [7, 11) is 0. The summed E-state index contributed by atoms with van der Waals surface area (Å²) in [4.78, 5) is 10.3. The van der Waals surface area contributed by atoms with Gasteiger partial charge in [0.05, 0.1) is 16.9 Å². The highest BCUT2D eigenvalue weighted by atomic mass is 14.7. The fourth-order valence-corrected chi connectivity index (χ4v) is 10.6. The molecule has 0 bridgehead atoms. The van der Waals surface area contributed by atoms with E-state index in [1.165, 1.54) is 71.1 Å². The first-order chi connectivity index (χ1) is 30.7. The van der Waals surface area contributed by atoms with E-state index in [4.69, 9.17) is 4.98 Å². The molecule has 0 saturated heterocycles. The predicted molar refractivity (Wildman–Crippen MR) is 261 cm³/mol. The maximum Gasteiger partial charge on any atom is 0.0794 e. The summed E-state index contributed by atoms with van der Waals surface area (Å²) < 4.78 is 0. The Balaban J connectivity index is 1.06. The molecule has 2 nitrogen and oxygen atoms in total. The Morgan fingerprint density at radius 2 is 0.871 bits per heavy atom. The van der Waals surface area contributed by atoms with Crippen LogP contribution in [0.15, 0.2) is 219 Å². The van der Waals surface area contributed by atoms with E-state index in [1.807, 2.05) is 18.3 Å². The Morgan fingerprint density at radius 3 is 1.61 bits per heavy atom. The predicted octanol–water partition coefficient (Wildman–Crippen LogP) is 15.9. The van der Waals surface area contributed by atoms with E-state index in [1.54, 1.807) is 0 Å². The summed E-state index contributed by atoms with van der Waals surface area (Å²) in [6.07, 6.45) is 11.0. The molecule has 0 amide bonds. The standard InChI is InChI=1S/C60H38N2/c1-3-17-45-41(13-1)43-15-5-7-19-47(43)55-33-39(28-30-50(45)55)53-35-57-54(37-24-26-38(27-25-37)58-23-11-12-32-61-58)36-59(62-60(57)52-22-10-9-21-49(52)53)40-29-31-51-46-18-4-2-14-42(46)44-16-6-8-20-48(44)56(51)34-40/h1-36,44,48H. The zero-order valence-corrected chi connectivity index (χ0v) is 33.8. The molecule has 9 aromatic carbocycles. The summed E-state index contributed by atoms with van der Waals surface area (Å²) in [5.41, 5.74) is 15.2. The van der Waals surface area contributed by atoms with Crippen LogP contribution in [0, 0.1) is 0 Å². The normalized spacial score (nSPS) is 15.3. The monoisotopic (exact) mass is 786 g/mol. The van der Waals surface area contributed by atoms with Gasteiger partial charge in [-0.25, -0.2) is 4.98 Å². The molecule has 2 aromatic heterocycles. The molecule has 2 heteroatoms. The molecule has 2 aliphatic carbocycles. The second-order valence-corrected chi connectivity index (χ2v) is 16.8. The van der Waals surface area contributed by atoms with Crippen molar-refractivity contribution in [3.05, 3.63) is 230 Å². The fourth-order valence-electron chi connectivity index (χ4n) is 10.6. The third-order valence-corrected chi connectivity index (χ3v) is 13.5. The van der Waals surface area contributed by atoms with Crippen molar-refractivity contribution in [2.24, 2.45) is 0 Å². The summed E-state index contributed by atoms with van der Waals surface area (Å²) in [5.74, 6) is 0.579. The first-order valence-electron chi connectivity index (χ1n) is 21.6. The molecular weight excluding hydrogens is 749 g/mol. The van der Waals surface area contributed by atoms with Crippen molar-refractivity contribution in [1.29, 1.82) is 0 Å². The molecular formula is C60H38N2. The molecule has 11 aromatic rings. The number of fused-ring (bicyclic) bond motifs is 15. The summed E-state index contributed by atoms with van der Waals surface area (Å²) >= 11 is 0. The molecule has 62 heavy (non-hydrogen) atoms. The fraction of sp³-hybridized carbons (Fsp3) is 0.0333. The SMILES string of the molecule is C1=CC2c3ccccc3-c3ccc(-c4cc(-c5ccc(-c6ccccn6)cc5)c5cc(-c6ccc7c8ccccc8c8ccccc8c7c6)c6ccccc6c5n4)cc3C2C=C1. The number of aromatic nitrogens is 2. The lowest BCUT2D eigenvalue weighted by molar-refractivity contribution is 0.720. The first-order valence-corrected chi connectivity index (χ1v) is 21.6. The molecule has 13 rings (SSSR count). The number of allylic oxidation sites excluding steroid dienone is 4. The quantitative estimate of drug-likeness (QED) is 0.166. The van der Waals surface area contributed by atoms with E-state index in [9.17, 15) is 0 Å². The number of pyridine rings is 2. The lowest BCUT2D eigenvalue weighted by Crippen LogP contribution is -2.16. The van der Waals surface area contributed by atoms with Crippen molar-refractivity contribution in [1.82, 2.24) is 9.97 Å². The maximum atomic E-state index is 5.64. The Kier molecular flexibility index (Phi) is 7.77. The Hall–Kier alpha value is -7.94. The molecule has 0 fully saturated rings. The van der Waals surface area contributed by atoms with Gasteiger partial charge in [0.2, 0.25) is 0 Å². The molecule has 0 radical (unpaired) electrons. The second-order valence-electron chi connectivity index (χ2n) is 16.8. The van der Waals surface area contributed by atoms with Gasteiger partial charge in [-0.05, 0) is 119 Å². The molecule has 2 atom stereocenters. The lowest BCUT2D eigenvalue weighted by Gasteiger charge is -2.34. The van der Waals surface area contributed by atoms with Gasteiger partial charge in [-0.1, -0.05) is 176 Å². The molecule has 0 spiro atoms. The van der Waals surface area contributed by atoms with Gasteiger partial charge in [-0.2, -0.15) is 0 Å². The van der Waals surface area contributed by atoms with E-state index >= 15 is 0 Å². The van der Waals surface area contributed by atoms with Crippen molar-refractivity contribution in [3.8, 4) is 55.9 Å². The van der Waals surface area contributed by atoms with Gasteiger partial charge in [-0.15, -0.1) is 0 Å². The third-order valence-electron chi connectivity index (χ3n) is 13.5. The smallest absolute Gasteiger partial charge is 0.0794 e. The Bertz CT molecular complexity index is 3650. The number of nitrogens with zero attached hydrogens (tertiary/aromatic N) is 2. The van der Waals surface area contributed by atoms with Crippen molar-refractivity contribution in [3.63, 3.8) is 0 Å². The third kappa shape index (κ3) is 5.36. The summed E-state index contributed by atoms with van der Waals surface area (Å²) in [5, 5.41) is 11.1. The summed E-state index contributed by atoms with van der Waals surface area (Å²) in [6.45, 7) is 0. The molecule has 0 N–H and O–H groups in total. The van der Waals surface area contributed by atoms with Crippen LogP contribution in [0.3, 0.4) is 0 Å². The topological polar surface area (TPSA) is 25.8 Å². The Labute approximate surface area is 359 Å². The average Bonchev–Trinajstić information content (AvgIpc) is 3.36. The molecule has 0 aliphatic heterocycles. The van der Waals surface area contributed by atoms with Crippen molar-refractivity contribution in [2.45, 2.75) is 11.8 Å². The molecule has 0 saturated carbocycles. The minimum atomic E-state index is 0.268. The minimum absolute atomic E-state index is 0.268. The largest absolute Gasteiger partial charge is 0.256 e. The number of hydrogen-bond acceptors (Lipinski definition) is 2. The highest BCUT2D eigenvalue weighted by Gasteiger charge is 2.32. The second kappa shape index (κ2) is 13.8. The number of hydrogen-bond donors (Lipinski definition) is 0. The average molecular weight is 787 g/mol. The highest BCUT2D eigenvalue weighted by Crippen LogP contribution is 2.51. The van der Waals surface area contributed by atoms with Crippen LogP contribution in [0.2, 0.25) is 0 Å². The van der Waals surface area contributed by atoms with Crippen LogP contribution in [-0.4, -0.2) is 9.97 Å². The molecule has 288 valence electrons. The van der Waals surface area contributed by atoms with Gasteiger partial charge >= 0.3 is 0 Å². The van der Waals surface area contributed by atoms with Crippen LogP contribution in [0.4, 0.5) is 0 Å². The van der Waals surface area contributed by atoms with Crippen LogP contribution in [-0.2, 0) is 0 Å². The van der Waals surface area contributed by atoms with Crippen LogP contribution in [0.1, 0.15) is 23.0 Å². The lowest BCUT2D eigenvalue weighted by atomic mass is 9.69. The van der Waals surface area contributed by atoms with Crippen molar-refractivity contribution < 1.29 is 0 Å². The molecule has 2 heterocycles. The van der Waals surface area contributed by atoms with Gasteiger partial charge in [0, 0.05) is 39.9 Å². The van der Waals surface area contributed by atoms with Gasteiger partial charge in [-0.3, -0.25) is 4.98 Å². The van der Waals surface area contributed by atoms with E-state index in [2.05, 4.69) is 205 Å². The first kappa shape index (κ1) is 34.9. The van der Waals surface area contributed by atoms with E-state index in [-0.39, 0.29) is 5.92 Å². The summed E-state index contributed by atoms with van der Waals surface area (Å²) in [6, 6.07) is 69.1. The van der Waals surface area contributed by atoms with Crippen LogP contribution in [0.25, 0.3) is 110 Å². The van der Waals surface area contributed by atoms with Gasteiger partial charge < -0.3 is 0 Å². The van der Waals surface area contributed by atoms with Gasteiger partial charge in [0.15, 0.2) is 0 Å². The van der Waals surface area contributed by atoms with Gasteiger partial charge in [0.25, 0.3) is 0 Å². The van der Waals surface area contributed by atoms with Crippen molar-refractivity contribution in [2.75, 3.05) is 0 Å². The van der Waals surface area contributed by atoms with Gasteiger partial charge in [0.1, 0.15) is 0 Å². The van der Waals surface area contributed by atoms with Crippen LogP contribution >= 0.6 is 0 Å². The Morgan fingerprint density at radius 1 is 0.306 bits per heavy atom. The minimum Gasteiger partial charge on any atom is -0.256 e. The highest BCUT2D eigenvalue weighted by molar-refractivity contribution is 6.26. The van der Waals surface area contributed by atoms with Crippen molar-refractivity contribution >= 4 is 54.0 Å². The molecule has 2 unspecified atom stereocenters.